The molecule has 0 N–H and O–H groups in total. The summed E-state index contributed by atoms with van der Waals surface area (Å²) >= 11 is 2.44. The first-order valence-electron chi connectivity index (χ1n) is 4.94. The first-order chi connectivity index (χ1) is 6.10. The molecule has 0 spiro atoms. The van der Waals surface area contributed by atoms with Crippen LogP contribution in [-0.2, 0) is 9.53 Å². The average molecular weight is 294 g/mol. The highest BCUT2D eigenvalue weighted by Crippen LogP contribution is 2.41. The summed E-state index contributed by atoms with van der Waals surface area (Å²) in [6, 6.07) is 0. The molecule has 2 aliphatic rings. The number of hydrogen-bond acceptors (Lipinski definition) is 2. The summed E-state index contributed by atoms with van der Waals surface area (Å²) in [7, 11) is 0. The molecule has 0 amide bonds. The minimum absolute atomic E-state index is 0.0475. The third kappa shape index (κ3) is 1.91. The van der Waals surface area contributed by atoms with Crippen molar-refractivity contribution in [1.29, 1.82) is 0 Å². The van der Waals surface area contributed by atoms with Gasteiger partial charge in [-0.3, -0.25) is 4.79 Å². The summed E-state index contributed by atoms with van der Waals surface area (Å²) < 4.78 is 6.44. The van der Waals surface area contributed by atoms with Gasteiger partial charge in [0.25, 0.3) is 0 Å². The fraction of sp³-hybridized carbons (Fsp3) is 0.900. The van der Waals surface area contributed by atoms with E-state index in [0.29, 0.717) is 16.1 Å². The molecule has 2 rings (SSSR count). The van der Waals surface area contributed by atoms with E-state index in [0.717, 1.165) is 25.7 Å². The zero-order valence-electron chi connectivity index (χ0n) is 7.88. The van der Waals surface area contributed by atoms with Crippen molar-refractivity contribution in [2.45, 2.75) is 54.7 Å². The highest BCUT2D eigenvalue weighted by atomic mass is 127. The second kappa shape index (κ2) is 3.50. The van der Waals surface area contributed by atoms with Crippen LogP contribution in [0.5, 0.6) is 0 Å². The highest BCUT2D eigenvalue weighted by molar-refractivity contribution is 14.1. The van der Waals surface area contributed by atoms with E-state index in [4.69, 9.17) is 4.74 Å². The number of carbonyl (C=O) groups excluding carboxylic acids is 1. The molecule has 2 unspecified atom stereocenters. The van der Waals surface area contributed by atoms with Gasteiger partial charge >= 0.3 is 0 Å². The molecule has 2 aliphatic heterocycles. The van der Waals surface area contributed by atoms with E-state index in [2.05, 4.69) is 29.5 Å². The van der Waals surface area contributed by atoms with Crippen LogP contribution in [-0.4, -0.2) is 21.4 Å². The fourth-order valence-electron chi connectivity index (χ4n) is 2.27. The number of ether oxygens (including phenoxy) is 1. The molecule has 2 bridgehead atoms. The van der Waals surface area contributed by atoms with Crippen LogP contribution in [0.25, 0.3) is 0 Å². The molecule has 2 fully saturated rings. The Morgan fingerprint density at radius 3 is 3.08 bits per heavy atom. The number of Topliss-reactive ketones (excluding diaryl/α,β-unsaturated/α-hetero) is 1. The minimum Gasteiger partial charge on any atom is -0.371 e. The highest BCUT2D eigenvalue weighted by Gasteiger charge is 2.43. The second-order valence-corrected chi connectivity index (χ2v) is 5.84. The number of alkyl halides is 1. The molecule has 0 aromatic rings. The van der Waals surface area contributed by atoms with E-state index in [1.54, 1.807) is 0 Å². The summed E-state index contributed by atoms with van der Waals surface area (Å²) in [5.41, 5.74) is 0.0475. The maximum Gasteiger partial charge on any atom is 0.135 e. The van der Waals surface area contributed by atoms with Crippen LogP contribution < -0.4 is 0 Å². The van der Waals surface area contributed by atoms with E-state index < -0.39 is 0 Å². The third-order valence-corrected chi connectivity index (χ3v) is 5.13. The zero-order chi connectivity index (χ0) is 9.47. The van der Waals surface area contributed by atoms with Gasteiger partial charge in [-0.25, -0.2) is 0 Å². The Kier molecular flexibility index (Phi) is 2.66. The van der Waals surface area contributed by atoms with Gasteiger partial charge in [0.15, 0.2) is 0 Å². The number of hydrogen-bond donors (Lipinski definition) is 0. The molecule has 0 aliphatic carbocycles. The molecule has 13 heavy (non-hydrogen) atoms. The standard InChI is InChI=1S/C10H15IO2/c1-10-5-4-8(13-10)6-7(12)2-3-9(10)11/h8-9H,2-6H2,1H3/t8?,9-,10?/m1/s1. The molecular formula is C10H15IO2. The number of halogens is 1. The summed E-state index contributed by atoms with van der Waals surface area (Å²) in [6.07, 6.45) is 4.81. The van der Waals surface area contributed by atoms with Crippen molar-refractivity contribution in [3.05, 3.63) is 0 Å². The molecule has 2 saturated heterocycles. The van der Waals surface area contributed by atoms with E-state index >= 15 is 0 Å². The van der Waals surface area contributed by atoms with Crippen molar-refractivity contribution < 1.29 is 9.53 Å². The van der Waals surface area contributed by atoms with E-state index in [-0.39, 0.29) is 11.7 Å². The maximum absolute atomic E-state index is 11.4. The van der Waals surface area contributed by atoms with Gasteiger partial charge in [-0.1, -0.05) is 22.6 Å². The van der Waals surface area contributed by atoms with Crippen LogP contribution in [0.1, 0.15) is 39.0 Å². The Morgan fingerprint density at radius 2 is 2.31 bits per heavy atom. The van der Waals surface area contributed by atoms with Crippen molar-refractivity contribution in [1.82, 2.24) is 0 Å². The van der Waals surface area contributed by atoms with Crippen molar-refractivity contribution in [3.63, 3.8) is 0 Å². The molecule has 2 heterocycles. The van der Waals surface area contributed by atoms with Gasteiger partial charge in [-0.15, -0.1) is 0 Å². The lowest BCUT2D eigenvalue weighted by atomic mass is 9.95. The van der Waals surface area contributed by atoms with E-state index in [9.17, 15) is 4.79 Å². The quantitative estimate of drug-likeness (QED) is 0.507. The molecule has 3 heteroatoms. The topological polar surface area (TPSA) is 26.3 Å². The molecule has 3 atom stereocenters. The summed E-state index contributed by atoms with van der Waals surface area (Å²) in [5.74, 6) is 0.385. The SMILES string of the molecule is CC12CCC(CC(=O)CC[C@H]1I)O2. The predicted molar refractivity (Wildman–Crippen MR) is 59.2 cm³/mol. The van der Waals surface area contributed by atoms with Crippen molar-refractivity contribution in [2.75, 3.05) is 0 Å². The smallest absolute Gasteiger partial charge is 0.135 e. The lowest BCUT2D eigenvalue weighted by molar-refractivity contribution is -0.125. The van der Waals surface area contributed by atoms with Gasteiger partial charge in [0.2, 0.25) is 0 Å². The number of carbonyl (C=O) groups is 1. The Labute approximate surface area is 92.5 Å². The van der Waals surface area contributed by atoms with E-state index in [1.165, 1.54) is 0 Å². The fourth-order valence-corrected chi connectivity index (χ4v) is 3.04. The minimum atomic E-state index is 0.0475. The van der Waals surface area contributed by atoms with Gasteiger partial charge in [0.1, 0.15) is 5.78 Å². The molecule has 2 nitrogen and oxygen atoms in total. The van der Waals surface area contributed by atoms with Crippen LogP contribution in [0.4, 0.5) is 0 Å². The molecule has 0 aromatic carbocycles. The zero-order valence-corrected chi connectivity index (χ0v) is 10.0. The lowest BCUT2D eigenvalue weighted by Gasteiger charge is -2.32. The molecule has 0 aromatic heterocycles. The Hall–Kier alpha value is 0.360. The lowest BCUT2D eigenvalue weighted by Crippen LogP contribution is -2.37. The van der Waals surface area contributed by atoms with Crippen molar-refractivity contribution in [2.24, 2.45) is 0 Å². The predicted octanol–water partition coefficient (Wildman–Crippen LogP) is 2.48. The van der Waals surface area contributed by atoms with Gasteiger partial charge in [0.05, 0.1) is 11.7 Å². The summed E-state index contributed by atoms with van der Waals surface area (Å²) in [4.78, 5) is 11.4. The molecule has 0 saturated carbocycles. The molecule has 0 radical (unpaired) electrons. The molecular weight excluding hydrogens is 279 g/mol. The number of rotatable bonds is 0. The van der Waals surface area contributed by atoms with Gasteiger partial charge in [-0.05, 0) is 26.2 Å². The Balaban J connectivity index is 2.15. The van der Waals surface area contributed by atoms with Gasteiger partial charge < -0.3 is 4.74 Å². The van der Waals surface area contributed by atoms with Gasteiger partial charge in [0, 0.05) is 16.8 Å². The maximum atomic E-state index is 11.4. The normalized spacial score (nSPS) is 45.8. The Bertz CT molecular complexity index is 229. The van der Waals surface area contributed by atoms with E-state index in [1.807, 2.05) is 0 Å². The monoisotopic (exact) mass is 294 g/mol. The summed E-state index contributed by atoms with van der Waals surface area (Å²) in [5, 5.41) is 0. The Morgan fingerprint density at radius 1 is 1.54 bits per heavy atom. The van der Waals surface area contributed by atoms with Crippen molar-refractivity contribution >= 4 is 28.4 Å². The van der Waals surface area contributed by atoms with Crippen molar-refractivity contribution in [3.8, 4) is 0 Å². The van der Waals surface area contributed by atoms with Crippen LogP contribution in [0, 0.1) is 0 Å². The first kappa shape index (κ1) is 9.90. The molecule has 74 valence electrons. The number of fused-ring (bicyclic) bond motifs is 2. The average Bonchev–Trinajstić information content (AvgIpc) is 2.44. The number of ketones is 1. The largest absolute Gasteiger partial charge is 0.371 e. The van der Waals surface area contributed by atoms with Crippen LogP contribution in [0.2, 0.25) is 0 Å². The van der Waals surface area contributed by atoms with Crippen LogP contribution in [0.3, 0.4) is 0 Å². The van der Waals surface area contributed by atoms with Crippen LogP contribution in [0.15, 0.2) is 0 Å². The second-order valence-electron chi connectivity index (χ2n) is 4.34. The van der Waals surface area contributed by atoms with Crippen LogP contribution >= 0.6 is 22.6 Å². The third-order valence-electron chi connectivity index (χ3n) is 3.19. The summed E-state index contributed by atoms with van der Waals surface area (Å²) in [6.45, 7) is 2.19. The van der Waals surface area contributed by atoms with Gasteiger partial charge in [-0.2, -0.15) is 0 Å². The first-order valence-corrected chi connectivity index (χ1v) is 6.18.